The number of piperazine rings is 1. The number of nitrogens with zero attached hydrogens (tertiary/aromatic N) is 3. The third kappa shape index (κ3) is 2.90. The Hall–Kier alpha value is -1.95. The predicted octanol–water partition coefficient (Wildman–Crippen LogP) is 1.55. The SMILES string of the molecule is CC(=O)c1ccc(N2CCN(C)CC2)c([N+](=O)[O-])c1. The Balaban J connectivity index is 2.34. The van der Waals surface area contributed by atoms with Crippen molar-refractivity contribution in [2.45, 2.75) is 6.92 Å². The minimum absolute atomic E-state index is 0.0113. The molecule has 1 aromatic rings. The highest BCUT2D eigenvalue weighted by Gasteiger charge is 2.23. The second kappa shape index (κ2) is 5.36. The summed E-state index contributed by atoms with van der Waals surface area (Å²) in [6.07, 6.45) is 0. The lowest BCUT2D eigenvalue weighted by Gasteiger charge is -2.33. The van der Waals surface area contributed by atoms with Gasteiger partial charge in [-0.25, -0.2) is 0 Å². The summed E-state index contributed by atoms with van der Waals surface area (Å²) in [6.45, 7) is 4.69. The number of hydrogen-bond acceptors (Lipinski definition) is 5. The molecule has 0 radical (unpaired) electrons. The van der Waals surface area contributed by atoms with Gasteiger partial charge in [-0.05, 0) is 26.1 Å². The van der Waals surface area contributed by atoms with E-state index in [9.17, 15) is 14.9 Å². The zero-order chi connectivity index (χ0) is 14.0. The van der Waals surface area contributed by atoms with Crippen LogP contribution in [0.1, 0.15) is 17.3 Å². The van der Waals surface area contributed by atoms with Crippen LogP contribution in [0.2, 0.25) is 0 Å². The molecule has 1 aliphatic heterocycles. The number of nitro benzene ring substituents is 1. The van der Waals surface area contributed by atoms with Gasteiger partial charge in [-0.15, -0.1) is 0 Å². The Morgan fingerprint density at radius 1 is 1.26 bits per heavy atom. The zero-order valence-electron chi connectivity index (χ0n) is 11.1. The van der Waals surface area contributed by atoms with Crippen LogP contribution in [0.3, 0.4) is 0 Å². The van der Waals surface area contributed by atoms with Crippen LogP contribution in [0.5, 0.6) is 0 Å². The monoisotopic (exact) mass is 263 g/mol. The molecule has 6 heteroatoms. The van der Waals surface area contributed by atoms with E-state index in [0.29, 0.717) is 11.3 Å². The van der Waals surface area contributed by atoms with Gasteiger partial charge >= 0.3 is 0 Å². The minimum atomic E-state index is -0.417. The highest BCUT2D eigenvalue weighted by atomic mass is 16.6. The lowest BCUT2D eigenvalue weighted by atomic mass is 10.1. The van der Waals surface area contributed by atoms with Crippen LogP contribution < -0.4 is 4.90 Å². The summed E-state index contributed by atoms with van der Waals surface area (Å²) >= 11 is 0. The lowest BCUT2D eigenvalue weighted by molar-refractivity contribution is -0.384. The molecule has 102 valence electrons. The molecule has 1 heterocycles. The van der Waals surface area contributed by atoms with E-state index in [2.05, 4.69) is 4.90 Å². The number of benzene rings is 1. The average Bonchev–Trinajstić information content (AvgIpc) is 2.38. The van der Waals surface area contributed by atoms with Gasteiger partial charge in [0.25, 0.3) is 5.69 Å². The summed E-state index contributed by atoms with van der Waals surface area (Å²) in [7, 11) is 2.03. The van der Waals surface area contributed by atoms with Crippen molar-refractivity contribution in [2.75, 3.05) is 38.1 Å². The first-order valence-corrected chi connectivity index (χ1v) is 6.22. The molecule has 0 atom stereocenters. The number of ketones is 1. The third-order valence-corrected chi connectivity index (χ3v) is 3.42. The first-order valence-electron chi connectivity index (χ1n) is 6.22. The van der Waals surface area contributed by atoms with E-state index in [4.69, 9.17) is 0 Å². The van der Waals surface area contributed by atoms with Crippen molar-refractivity contribution in [1.82, 2.24) is 4.90 Å². The first-order chi connectivity index (χ1) is 8.99. The predicted molar refractivity (Wildman–Crippen MR) is 72.8 cm³/mol. The molecule has 0 aliphatic carbocycles. The molecular weight excluding hydrogens is 246 g/mol. The molecule has 0 unspecified atom stereocenters. The maximum Gasteiger partial charge on any atom is 0.293 e. The van der Waals surface area contributed by atoms with Gasteiger partial charge in [-0.1, -0.05) is 0 Å². The number of carbonyl (C=O) groups is 1. The maximum absolute atomic E-state index is 11.3. The number of rotatable bonds is 3. The normalized spacial score (nSPS) is 16.4. The van der Waals surface area contributed by atoms with Gasteiger partial charge < -0.3 is 9.80 Å². The van der Waals surface area contributed by atoms with E-state index in [1.54, 1.807) is 12.1 Å². The summed E-state index contributed by atoms with van der Waals surface area (Å²) in [4.78, 5) is 26.2. The second-order valence-electron chi connectivity index (χ2n) is 4.81. The number of Topliss-reactive ketones (excluding diaryl/α,β-unsaturated/α-hetero) is 1. The van der Waals surface area contributed by atoms with E-state index in [1.807, 2.05) is 11.9 Å². The van der Waals surface area contributed by atoms with Crippen LogP contribution in [0.4, 0.5) is 11.4 Å². The molecule has 19 heavy (non-hydrogen) atoms. The molecule has 6 nitrogen and oxygen atoms in total. The van der Waals surface area contributed by atoms with Crippen LogP contribution in [0.25, 0.3) is 0 Å². The third-order valence-electron chi connectivity index (χ3n) is 3.42. The fraction of sp³-hybridized carbons (Fsp3) is 0.462. The largest absolute Gasteiger partial charge is 0.363 e. The number of anilines is 1. The van der Waals surface area contributed by atoms with E-state index in [-0.39, 0.29) is 11.5 Å². The fourth-order valence-electron chi connectivity index (χ4n) is 2.20. The molecule has 0 amide bonds. The van der Waals surface area contributed by atoms with Gasteiger partial charge in [0.1, 0.15) is 5.69 Å². The summed E-state index contributed by atoms with van der Waals surface area (Å²) in [5.74, 6) is -0.159. The Kier molecular flexibility index (Phi) is 3.80. The molecule has 1 fully saturated rings. The van der Waals surface area contributed by atoms with Crippen LogP contribution in [-0.4, -0.2) is 48.8 Å². The smallest absolute Gasteiger partial charge is 0.293 e. The Bertz CT molecular complexity index is 508. The summed E-state index contributed by atoms with van der Waals surface area (Å²) in [5, 5.41) is 11.2. The molecule has 0 spiro atoms. The van der Waals surface area contributed by atoms with Gasteiger partial charge in [0, 0.05) is 37.8 Å². The molecule has 0 aromatic heterocycles. The Labute approximate surface area is 111 Å². The lowest BCUT2D eigenvalue weighted by Crippen LogP contribution is -2.44. The molecular formula is C13H17N3O3. The molecule has 0 saturated carbocycles. The van der Waals surface area contributed by atoms with Gasteiger partial charge in [-0.2, -0.15) is 0 Å². The van der Waals surface area contributed by atoms with Gasteiger partial charge in [0.05, 0.1) is 4.92 Å². The van der Waals surface area contributed by atoms with Crippen molar-refractivity contribution in [3.8, 4) is 0 Å². The zero-order valence-corrected chi connectivity index (χ0v) is 11.1. The van der Waals surface area contributed by atoms with E-state index >= 15 is 0 Å². The van der Waals surface area contributed by atoms with Gasteiger partial charge in [0.2, 0.25) is 0 Å². The maximum atomic E-state index is 11.3. The quantitative estimate of drug-likeness (QED) is 0.470. The van der Waals surface area contributed by atoms with E-state index in [1.165, 1.54) is 13.0 Å². The molecule has 1 aromatic carbocycles. The summed E-state index contributed by atoms with van der Waals surface area (Å²) < 4.78 is 0. The summed E-state index contributed by atoms with van der Waals surface area (Å²) in [6, 6.07) is 4.71. The van der Waals surface area contributed by atoms with Crippen LogP contribution in [0, 0.1) is 10.1 Å². The summed E-state index contributed by atoms with van der Waals surface area (Å²) in [5.41, 5.74) is 0.991. The Morgan fingerprint density at radius 2 is 1.89 bits per heavy atom. The molecule has 2 rings (SSSR count). The van der Waals surface area contributed by atoms with E-state index < -0.39 is 4.92 Å². The number of carbonyl (C=O) groups excluding carboxylic acids is 1. The Morgan fingerprint density at radius 3 is 2.42 bits per heavy atom. The molecule has 0 N–H and O–H groups in total. The highest BCUT2D eigenvalue weighted by molar-refractivity contribution is 5.95. The standard InChI is InChI=1S/C13H17N3O3/c1-10(17)11-3-4-12(13(9-11)16(18)19)15-7-5-14(2)6-8-15/h3-4,9H,5-8H2,1-2H3. The fourth-order valence-corrected chi connectivity index (χ4v) is 2.20. The second-order valence-corrected chi connectivity index (χ2v) is 4.81. The van der Waals surface area contributed by atoms with Gasteiger partial charge in [0.15, 0.2) is 5.78 Å². The van der Waals surface area contributed by atoms with Crippen LogP contribution >= 0.6 is 0 Å². The number of nitro groups is 1. The molecule has 0 bridgehead atoms. The van der Waals surface area contributed by atoms with Crippen molar-refractivity contribution in [2.24, 2.45) is 0 Å². The number of hydrogen-bond donors (Lipinski definition) is 0. The first kappa shape index (κ1) is 13.5. The van der Waals surface area contributed by atoms with Gasteiger partial charge in [-0.3, -0.25) is 14.9 Å². The van der Waals surface area contributed by atoms with Crippen molar-refractivity contribution in [3.05, 3.63) is 33.9 Å². The highest BCUT2D eigenvalue weighted by Crippen LogP contribution is 2.30. The van der Waals surface area contributed by atoms with Crippen molar-refractivity contribution in [1.29, 1.82) is 0 Å². The average molecular weight is 263 g/mol. The van der Waals surface area contributed by atoms with Crippen molar-refractivity contribution < 1.29 is 9.72 Å². The van der Waals surface area contributed by atoms with Crippen LogP contribution in [0.15, 0.2) is 18.2 Å². The van der Waals surface area contributed by atoms with Crippen molar-refractivity contribution in [3.63, 3.8) is 0 Å². The molecule has 1 saturated heterocycles. The topological polar surface area (TPSA) is 66.7 Å². The number of likely N-dealkylation sites (N-methyl/N-ethyl adjacent to an activating group) is 1. The molecule has 1 aliphatic rings. The minimum Gasteiger partial charge on any atom is -0.363 e. The van der Waals surface area contributed by atoms with Crippen molar-refractivity contribution >= 4 is 17.2 Å². The van der Waals surface area contributed by atoms with E-state index in [0.717, 1.165) is 26.2 Å². The van der Waals surface area contributed by atoms with Crippen LogP contribution in [-0.2, 0) is 0 Å².